The van der Waals surface area contributed by atoms with Crippen LogP contribution >= 0.6 is 0 Å². The second-order valence-electron chi connectivity index (χ2n) is 3.92. The van der Waals surface area contributed by atoms with Gasteiger partial charge in [0.15, 0.2) is 11.5 Å². The molecule has 0 bridgehead atoms. The van der Waals surface area contributed by atoms with Crippen LogP contribution in [0.1, 0.15) is 6.92 Å². The predicted molar refractivity (Wildman–Crippen MR) is 67.2 cm³/mol. The van der Waals surface area contributed by atoms with Crippen molar-refractivity contribution in [1.82, 2.24) is 0 Å². The molecule has 120 valence electrons. The van der Waals surface area contributed by atoms with Gasteiger partial charge in [0, 0.05) is 6.92 Å². The van der Waals surface area contributed by atoms with Gasteiger partial charge in [-0.25, -0.2) is 0 Å². The van der Waals surface area contributed by atoms with E-state index in [-0.39, 0.29) is 5.69 Å². The fraction of sp³-hybridized carbons (Fsp3) is 0.182. The Balaban J connectivity index is 3.16. The van der Waals surface area contributed by atoms with Crippen LogP contribution < -0.4 is 0 Å². The summed E-state index contributed by atoms with van der Waals surface area (Å²) >= 11 is 0. The minimum Gasteiger partial charge on any atom is -0.503 e. The number of rotatable bonds is 4. The zero-order chi connectivity index (χ0) is 17.1. The molecule has 0 amide bonds. The van der Waals surface area contributed by atoms with Gasteiger partial charge >= 0.3 is 6.18 Å². The monoisotopic (exact) mass is 338 g/mol. The molecule has 0 spiro atoms. The van der Waals surface area contributed by atoms with Crippen LogP contribution in [0, 0.1) is 0 Å². The number of benzene rings is 1. The standard InChI is InChI=1S/C11H9F3N2O5S/c1-6(17)9(10(18)11(12,13)14)16-15-7-2-4-8(5-3-7)22(19,20)21/h2-5,18H,1H3,(H,19,20,21). The summed E-state index contributed by atoms with van der Waals surface area (Å²) in [6, 6.07) is 3.94. The maximum Gasteiger partial charge on any atom is 0.451 e. The third-order valence-corrected chi connectivity index (χ3v) is 3.09. The first-order chi connectivity index (χ1) is 9.93. The molecule has 0 saturated carbocycles. The Morgan fingerprint density at radius 1 is 1.18 bits per heavy atom. The lowest BCUT2D eigenvalue weighted by molar-refractivity contribution is -0.126. The molecular formula is C11H9F3N2O5S. The van der Waals surface area contributed by atoms with Crippen LogP contribution in [-0.4, -0.2) is 30.0 Å². The van der Waals surface area contributed by atoms with Crippen molar-refractivity contribution in [2.45, 2.75) is 18.0 Å². The lowest BCUT2D eigenvalue weighted by Crippen LogP contribution is -2.16. The minimum absolute atomic E-state index is 0.0962. The van der Waals surface area contributed by atoms with Crippen LogP contribution in [0.15, 0.2) is 50.8 Å². The van der Waals surface area contributed by atoms with Gasteiger partial charge in [-0.2, -0.15) is 26.7 Å². The van der Waals surface area contributed by atoms with Gasteiger partial charge in [-0.15, -0.1) is 5.11 Å². The lowest BCUT2D eigenvalue weighted by Gasteiger charge is -2.06. The van der Waals surface area contributed by atoms with E-state index in [9.17, 15) is 26.4 Å². The second-order valence-corrected chi connectivity index (χ2v) is 5.34. The number of hydrogen-bond acceptors (Lipinski definition) is 6. The molecule has 0 aliphatic rings. The number of aliphatic hydroxyl groups excluding tert-OH is 1. The summed E-state index contributed by atoms with van der Waals surface area (Å²) in [6.07, 6.45) is -5.16. The van der Waals surface area contributed by atoms with E-state index < -0.39 is 38.4 Å². The van der Waals surface area contributed by atoms with Crippen molar-refractivity contribution >= 4 is 21.6 Å². The third kappa shape index (κ3) is 4.63. The van der Waals surface area contributed by atoms with E-state index in [0.29, 0.717) is 0 Å². The molecule has 22 heavy (non-hydrogen) atoms. The van der Waals surface area contributed by atoms with E-state index in [2.05, 4.69) is 10.2 Å². The molecule has 0 aliphatic heterocycles. The summed E-state index contributed by atoms with van der Waals surface area (Å²) in [6.45, 7) is 0.762. The smallest absolute Gasteiger partial charge is 0.451 e. The third-order valence-electron chi connectivity index (χ3n) is 2.23. The van der Waals surface area contributed by atoms with E-state index >= 15 is 0 Å². The molecule has 0 radical (unpaired) electrons. The first-order valence-electron chi connectivity index (χ1n) is 5.43. The molecule has 0 saturated heterocycles. The number of carbonyl (C=O) groups excluding carboxylic acids is 1. The molecule has 7 nitrogen and oxygen atoms in total. The van der Waals surface area contributed by atoms with Crippen molar-refractivity contribution in [2.24, 2.45) is 10.2 Å². The van der Waals surface area contributed by atoms with Gasteiger partial charge in [-0.05, 0) is 24.3 Å². The normalized spacial score (nSPS) is 14.0. The average Bonchev–Trinajstić information content (AvgIpc) is 2.36. The number of ketones is 1. The number of Topliss-reactive ketones (excluding diaryl/α,β-unsaturated/α-hetero) is 1. The largest absolute Gasteiger partial charge is 0.503 e. The number of halogens is 3. The van der Waals surface area contributed by atoms with Crippen molar-refractivity contribution < 1.29 is 36.0 Å². The maximum absolute atomic E-state index is 12.3. The molecule has 0 atom stereocenters. The molecule has 11 heteroatoms. The highest BCUT2D eigenvalue weighted by Gasteiger charge is 2.38. The van der Waals surface area contributed by atoms with Crippen molar-refractivity contribution in [3.05, 3.63) is 35.7 Å². The number of nitrogens with zero attached hydrogens (tertiary/aromatic N) is 2. The molecule has 0 aromatic heterocycles. The number of carbonyl (C=O) groups is 1. The fourth-order valence-corrected chi connectivity index (χ4v) is 1.69. The molecule has 0 fully saturated rings. The molecule has 0 unspecified atom stereocenters. The molecule has 0 aliphatic carbocycles. The van der Waals surface area contributed by atoms with Gasteiger partial charge in [0.1, 0.15) is 0 Å². The summed E-state index contributed by atoms with van der Waals surface area (Å²) in [5.74, 6) is -3.34. The van der Waals surface area contributed by atoms with E-state index in [4.69, 9.17) is 9.66 Å². The highest BCUT2D eigenvalue weighted by Crippen LogP contribution is 2.27. The first kappa shape index (κ1) is 17.8. The highest BCUT2D eigenvalue weighted by atomic mass is 32.2. The quantitative estimate of drug-likeness (QED) is 0.379. The number of aliphatic hydroxyl groups is 1. The molecule has 0 heterocycles. The van der Waals surface area contributed by atoms with E-state index in [0.717, 1.165) is 31.2 Å². The summed E-state index contributed by atoms with van der Waals surface area (Å²) in [7, 11) is -4.42. The van der Waals surface area contributed by atoms with Crippen molar-refractivity contribution in [2.75, 3.05) is 0 Å². The number of allylic oxidation sites excluding steroid dienone is 2. The average molecular weight is 338 g/mol. The predicted octanol–water partition coefficient (Wildman–Crippen LogP) is 2.94. The Morgan fingerprint density at radius 2 is 1.68 bits per heavy atom. The van der Waals surface area contributed by atoms with Gasteiger partial charge in [-0.3, -0.25) is 9.35 Å². The number of azo groups is 1. The molecule has 1 aromatic rings. The van der Waals surface area contributed by atoms with Crippen LogP contribution in [-0.2, 0) is 14.9 Å². The van der Waals surface area contributed by atoms with E-state index in [1.807, 2.05) is 0 Å². The van der Waals surface area contributed by atoms with Crippen LogP contribution in [0.3, 0.4) is 0 Å². The highest BCUT2D eigenvalue weighted by molar-refractivity contribution is 7.85. The van der Waals surface area contributed by atoms with Crippen LogP contribution in [0.2, 0.25) is 0 Å². The summed E-state index contributed by atoms with van der Waals surface area (Å²) in [4.78, 5) is 10.6. The summed E-state index contributed by atoms with van der Waals surface area (Å²) in [5, 5.41) is 15.2. The zero-order valence-corrected chi connectivity index (χ0v) is 11.7. The molecular weight excluding hydrogens is 329 g/mol. The van der Waals surface area contributed by atoms with Gasteiger partial charge in [0.05, 0.1) is 10.6 Å². The van der Waals surface area contributed by atoms with Crippen LogP contribution in [0.4, 0.5) is 18.9 Å². The number of alkyl halides is 3. The minimum atomic E-state index is -5.16. The second kappa shape index (κ2) is 6.23. The van der Waals surface area contributed by atoms with Gasteiger partial charge in [0.2, 0.25) is 5.76 Å². The first-order valence-corrected chi connectivity index (χ1v) is 6.87. The SMILES string of the molecule is CC(=O)C(N=Nc1ccc(S(=O)(=O)O)cc1)=C(O)C(F)(F)F. The number of hydrogen-bond donors (Lipinski definition) is 2. The van der Waals surface area contributed by atoms with Gasteiger partial charge in [-0.1, -0.05) is 0 Å². The van der Waals surface area contributed by atoms with Crippen LogP contribution in [0.5, 0.6) is 0 Å². The Labute approximate surface area is 122 Å². The fourth-order valence-electron chi connectivity index (χ4n) is 1.21. The van der Waals surface area contributed by atoms with Gasteiger partial charge in [0.25, 0.3) is 10.1 Å². The van der Waals surface area contributed by atoms with Crippen molar-refractivity contribution in [1.29, 1.82) is 0 Å². The zero-order valence-electron chi connectivity index (χ0n) is 10.9. The summed E-state index contributed by atoms with van der Waals surface area (Å²) < 4.78 is 67.3. The van der Waals surface area contributed by atoms with E-state index in [1.54, 1.807) is 0 Å². The Kier molecular flexibility index (Phi) is 5.04. The van der Waals surface area contributed by atoms with Crippen molar-refractivity contribution in [3.63, 3.8) is 0 Å². The maximum atomic E-state index is 12.3. The molecule has 2 N–H and O–H groups in total. The van der Waals surface area contributed by atoms with Crippen LogP contribution in [0.25, 0.3) is 0 Å². The van der Waals surface area contributed by atoms with Crippen molar-refractivity contribution in [3.8, 4) is 0 Å². The van der Waals surface area contributed by atoms with E-state index in [1.165, 1.54) is 0 Å². The topological polar surface area (TPSA) is 116 Å². The molecule has 1 rings (SSSR count). The molecule has 1 aromatic carbocycles. The Morgan fingerprint density at radius 3 is 2.05 bits per heavy atom. The van der Waals surface area contributed by atoms with Gasteiger partial charge < -0.3 is 5.11 Å². The lowest BCUT2D eigenvalue weighted by atomic mass is 10.3. The Bertz CT molecular complexity index is 736. The summed E-state index contributed by atoms with van der Waals surface area (Å²) in [5.41, 5.74) is -1.38. The Hall–Kier alpha value is -2.27.